The van der Waals surface area contributed by atoms with Gasteiger partial charge in [-0.3, -0.25) is 9.36 Å². The zero-order valence-corrected chi connectivity index (χ0v) is 14.0. The van der Waals surface area contributed by atoms with Gasteiger partial charge in [-0.05, 0) is 12.1 Å². The number of thioether (sulfide) groups is 1. The summed E-state index contributed by atoms with van der Waals surface area (Å²) in [6, 6.07) is 2.04. The van der Waals surface area contributed by atoms with E-state index >= 15 is 0 Å². The summed E-state index contributed by atoms with van der Waals surface area (Å²) in [7, 11) is 0.816. The number of carbonyl (C=O) groups excluding carboxylic acids is 1. The van der Waals surface area contributed by atoms with Crippen molar-refractivity contribution in [1.82, 2.24) is 9.13 Å². The van der Waals surface area contributed by atoms with Gasteiger partial charge in [-0.25, -0.2) is 13.8 Å². The lowest BCUT2D eigenvalue weighted by atomic mass is 10.3. The molecule has 2 rings (SSSR count). The molecule has 0 amide bonds. The molecule has 1 aromatic carbocycles. The van der Waals surface area contributed by atoms with Gasteiger partial charge in [-0.2, -0.15) is 13.2 Å². The van der Waals surface area contributed by atoms with Crippen LogP contribution < -0.4 is 11.2 Å². The highest BCUT2D eigenvalue weighted by molar-refractivity contribution is 8.00. The fraction of sp³-hybridized carbons (Fsp3) is 0.214. The summed E-state index contributed by atoms with van der Waals surface area (Å²) in [6.45, 7) is 0. The van der Waals surface area contributed by atoms with E-state index in [4.69, 9.17) is 11.6 Å². The first-order valence-electron chi connectivity index (χ1n) is 6.54. The smallest absolute Gasteiger partial charge is 0.302 e. The zero-order valence-electron chi connectivity index (χ0n) is 12.4. The number of halogens is 5. The molecule has 134 valence electrons. The molecule has 25 heavy (non-hydrogen) atoms. The lowest BCUT2D eigenvalue weighted by Crippen LogP contribution is -2.41. The van der Waals surface area contributed by atoms with E-state index in [0.717, 1.165) is 30.9 Å². The molecule has 11 heteroatoms. The van der Waals surface area contributed by atoms with Gasteiger partial charge < -0.3 is 4.79 Å². The third kappa shape index (κ3) is 3.79. The Bertz CT molecular complexity index is 953. The molecule has 2 aromatic rings. The van der Waals surface area contributed by atoms with Crippen molar-refractivity contribution in [2.45, 2.75) is 11.1 Å². The number of hydrogen-bond acceptors (Lipinski definition) is 4. The lowest BCUT2D eigenvalue weighted by Gasteiger charge is -2.15. The number of alkyl halides is 3. The van der Waals surface area contributed by atoms with E-state index in [0.29, 0.717) is 6.29 Å². The van der Waals surface area contributed by atoms with Crippen LogP contribution in [0.2, 0.25) is 5.02 Å². The normalized spacial score (nSPS) is 11.6. The van der Waals surface area contributed by atoms with Gasteiger partial charge in [0.15, 0.2) is 0 Å². The van der Waals surface area contributed by atoms with Crippen LogP contribution in [0.25, 0.3) is 5.69 Å². The van der Waals surface area contributed by atoms with Gasteiger partial charge in [0.25, 0.3) is 5.56 Å². The van der Waals surface area contributed by atoms with Gasteiger partial charge in [-0.15, -0.1) is 11.8 Å². The van der Waals surface area contributed by atoms with Gasteiger partial charge in [-0.1, -0.05) is 11.6 Å². The van der Waals surface area contributed by atoms with Gasteiger partial charge in [0, 0.05) is 18.0 Å². The molecule has 0 radical (unpaired) electrons. The van der Waals surface area contributed by atoms with Crippen molar-refractivity contribution < 1.29 is 22.4 Å². The SMILES string of the molecule is Cn1c(C(F)(F)F)cc(=O)n(-c2cc(SCC=O)c(Cl)cc2F)c1=O. The van der Waals surface area contributed by atoms with Crippen LogP contribution in [0.5, 0.6) is 0 Å². The molecule has 0 aliphatic carbocycles. The minimum atomic E-state index is -4.92. The molecule has 1 heterocycles. The van der Waals surface area contributed by atoms with E-state index in [2.05, 4.69) is 0 Å². The first-order chi connectivity index (χ1) is 11.6. The highest BCUT2D eigenvalue weighted by Gasteiger charge is 2.35. The van der Waals surface area contributed by atoms with E-state index < -0.39 is 34.6 Å². The molecule has 0 N–H and O–H groups in total. The quantitative estimate of drug-likeness (QED) is 0.453. The number of carbonyl (C=O) groups is 1. The van der Waals surface area contributed by atoms with Crippen LogP contribution in [0.3, 0.4) is 0 Å². The Morgan fingerprint density at radius 1 is 1.24 bits per heavy atom. The van der Waals surface area contributed by atoms with Crippen molar-refractivity contribution in [3.63, 3.8) is 0 Å². The largest absolute Gasteiger partial charge is 0.431 e. The average Bonchev–Trinajstić information content (AvgIpc) is 2.50. The Morgan fingerprint density at radius 3 is 2.44 bits per heavy atom. The Labute approximate surface area is 146 Å². The Hall–Kier alpha value is -2.07. The Kier molecular flexibility index (Phi) is 5.43. The summed E-state index contributed by atoms with van der Waals surface area (Å²) < 4.78 is 53.2. The molecule has 5 nitrogen and oxygen atoms in total. The summed E-state index contributed by atoms with van der Waals surface area (Å²) >= 11 is 6.74. The van der Waals surface area contributed by atoms with Crippen LogP contribution in [0.15, 0.2) is 32.7 Å². The molecule has 0 spiro atoms. The van der Waals surface area contributed by atoms with Crippen LogP contribution in [-0.2, 0) is 18.0 Å². The molecular weight excluding hydrogens is 388 g/mol. The third-order valence-corrected chi connectivity index (χ3v) is 4.54. The maximum Gasteiger partial charge on any atom is 0.431 e. The average molecular weight is 397 g/mol. The third-order valence-electron chi connectivity index (χ3n) is 3.16. The fourth-order valence-corrected chi connectivity index (χ4v) is 3.00. The second-order valence-corrected chi connectivity index (χ2v) is 6.22. The molecule has 0 atom stereocenters. The standard InChI is InChI=1S/C14H9ClF4N2O3S/c1-20-11(14(17,18)19)6-12(23)21(13(20)24)9-5-10(25-3-2-22)7(15)4-8(9)16/h2,4-6H,3H2,1H3. The minimum absolute atomic E-state index is 0.0231. The van der Waals surface area contributed by atoms with Crippen LogP contribution in [0.4, 0.5) is 17.6 Å². The van der Waals surface area contributed by atoms with Crippen LogP contribution in [0.1, 0.15) is 5.69 Å². The van der Waals surface area contributed by atoms with E-state index in [1.807, 2.05) is 0 Å². The molecular formula is C14H9ClF4N2O3S. The van der Waals surface area contributed by atoms with Gasteiger partial charge in [0.2, 0.25) is 0 Å². The summed E-state index contributed by atoms with van der Waals surface area (Å²) in [4.78, 5) is 34.8. The predicted molar refractivity (Wildman–Crippen MR) is 84.0 cm³/mol. The minimum Gasteiger partial charge on any atom is -0.302 e. The van der Waals surface area contributed by atoms with Crippen molar-refractivity contribution in [2.75, 3.05) is 5.75 Å². The molecule has 0 saturated heterocycles. The monoisotopic (exact) mass is 396 g/mol. The lowest BCUT2D eigenvalue weighted by molar-refractivity contribution is -0.144. The maximum absolute atomic E-state index is 14.2. The first-order valence-corrected chi connectivity index (χ1v) is 7.90. The molecule has 0 bridgehead atoms. The molecule has 0 aliphatic heterocycles. The molecule has 0 unspecified atom stereocenters. The molecule has 0 aliphatic rings. The number of hydrogen-bond donors (Lipinski definition) is 0. The topological polar surface area (TPSA) is 61.1 Å². The number of aldehydes is 1. The van der Waals surface area contributed by atoms with E-state index in [9.17, 15) is 31.9 Å². The number of rotatable bonds is 4. The highest BCUT2D eigenvalue weighted by atomic mass is 35.5. The predicted octanol–water partition coefficient (Wildman–Crippen LogP) is 2.64. The summed E-state index contributed by atoms with van der Waals surface area (Å²) in [5.74, 6) is -1.09. The van der Waals surface area contributed by atoms with Crippen molar-refractivity contribution in [1.29, 1.82) is 0 Å². The summed E-state index contributed by atoms with van der Waals surface area (Å²) in [6.07, 6.45) is -4.36. The second-order valence-electron chi connectivity index (χ2n) is 4.75. The zero-order chi connectivity index (χ0) is 18.9. The number of benzene rings is 1. The molecule has 0 fully saturated rings. The Morgan fingerprint density at radius 2 is 1.88 bits per heavy atom. The van der Waals surface area contributed by atoms with E-state index in [1.54, 1.807) is 0 Å². The number of nitrogens with zero attached hydrogens (tertiary/aromatic N) is 2. The summed E-state index contributed by atoms with van der Waals surface area (Å²) in [5.41, 5.74) is -4.73. The van der Waals surface area contributed by atoms with Crippen LogP contribution >= 0.6 is 23.4 Å². The van der Waals surface area contributed by atoms with Crippen molar-refractivity contribution in [2.24, 2.45) is 7.05 Å². The number of aromatic nitrogens is 2. The van der Waals surface area contributed by atoms with Crippen molar-refractivity contribution >= 4 is 29.6 Å². The summed E-state index contributed by atoms with van der Waals surface area (Å²) in [5, 5.41) is -0.0649. The van der Waals surface area contributed by atoms with Gasteiger partial charge in [0.1, 0.15) is 17.8 Å². The first kappa shape index (κ1) is 19.3. The van der Waals surface area contributed by atoms with Crippen molar-refractivity contribution in [3.8, 4) is 5.69 Å². The second kappa shape index (κ2) is 7.04. The van der Waals surface area contributed by atoms with Crippen molar-refractivity contribution in [3.05, 3.63) is 55.6 Å². The highest BCUT2D eigenvalue weighted by Crippen LogP contribution is 2.31. The van der Waals surface area contributed by atoms with Gasteiger partial charge in [0.05, 0.1) is 16.5 Å². The van der Waals surface area contributed by atoms with E-state index in [-0.39, 0.29) is 30.9 Å². The van der Waals surface area contributed by atoms with Gasteiger partial charge >= 0.3 is 11.9 Å². The fourth-order valence-electron chi connectivity index (χ4n) is 2.04. The van der Waals surface area contributed by atoms with Crippen LogP contribution in [0, 0.1) is 5.82 Å². The van der Waals surface area contributed by atoms with E-state index in [1.165, 1.54) is 0 Å². The van der Waals surface area contributed by atoms with Crippen LogP contribution in [-0.4, -0.2) is 21.2 Å². The Balaban J connectivity index is 2.75. The maximum atomic E-state index is 14.2. The molecule has 0 saturated carbocycles. The molecule has 1 aromatic heterocycles.